The number of hydrogen-bond donors (Lipinski definition) is 3. The highest BCUT2D eigenvalue weighted by molar-refractivity contribution is 6.01. The number of ketones is 2. The molecule has 3 aromatic rings. The maximum absolute atomic E-state index is 13.9. The summed E-state index contributed by atoms with van der Waals surface area (Å²) in [6.07, 6.45) is 4.78. The topological polar surface area (TPSA) is 181 Å². The monoisotopic (exact) mass is 775 g/mol. The zero-order chi connectivity index (χ0) is 40.5. The van der Waals surface area contributed by atoms with E-state index in [1.54, 1.807) is 18.2 Å². The molecule has 3 heterocycles. The summed E-state index contributed by atoms with van der Waals surface area (Å²) in [7, 11) is 0. The highest BCUT2D eigenvalue weighted by Gasteiger charge is 2.31. The Kier molecular flexibility index (Phi) is 13.4. The van der Waals surface area contributed by atoms with E-state index in [1.807, 2.05) is 70.2 Å². The number of Topliss-reactive ketones (excluding diaryl/α,β-unsaturated/α-hetero) is 2. The molecular weight excluding hydrogens is 723 g/mol. The molecule has 0 spiro atoms. The summed E-state index contributed by atoms with van der Waals surface area (Å²) in [5.41, 5.74) is 4.60. The standard InChI is InChI=1S/C44H53N7O6/c1-27-36(19-20-37(49-27)39(53)23-33-6-5-21-45-41(33)54)30-11-7-28(8-12-30)22-34(42(55)50-35-17-15-32(16-18-35)40-47-26-48-51-40)24-38(52)31-13-9-29(10-14-31)25-46-43(56)57-44(2,3)4/h7-8,11-12,15-20,29,31,33-34H,5-6,9-10,13-14,21-26H2,1-4H3,(H,45,54)(H,46,56)(H,50,55)/t29?,31?,33-,34-/m1/s1. The molecule has 57 heavy (non-hydrogen) atoms. The number of alkyl carbamates (subject to hydrolysis) is 1. The number of amides is 3. The fraction of sp³-hybridized carbons (Fsp3) is 0.477. The van der Waals surface area contributed by atoms with Crippen LogP contribution in [0.4, 0.5) is 10.5 Å². The van der Waals surface area contributed by atoms with Crippen molar-refractivity contribution in [2.75, 3.05) is 25.1 Å². The third-order valence-corrected chi connectivity index (χ3v) is 10.9. The van der Waals surface area contributed by atoms with E-state index in [4.69, 9.17) is 4.74 Å². The molecule has 2 atom stereocenters. The van der Waals surface area contributed by atoms with Crippen molar-refractivity contribution in [3.8, 4) is 11.1 Å². The van der Waals surface area contributed by atoms with Gasteiger partial charge in [0.1, 0.15) is 17.1 Å². The average molecular weight is 776 g/mol. The van der Waals surface area contributed by atoms with Crippen LogP contribution in [0.2, 0.25) is 0 Å². The first-order valence-electron chi connectivity index (χ1n) is 20.0. The van der Waals surface area contributed by atoms with Gasteiger partial charge >= 0.3 is 6.09 Å². The number of rotatable bonds is 14. The van der Waals surface area contributed by atoms with Gasteiger partial charge in [-0.15, -0.1) is 5.11 Å². The molecule has 1 aliphatic carbocycles. The minimum Gasteiger partial charge on any atom is -0.444 e. The molecule has 2 aliphatic heterocycles. The summed E-state index contributed by atoms with van der Waals surface area (Å²) in [6, 6.07) is 18.7. The molecule has 2 aromatic carbocycles. The van der Waals surface area contributed by atoms with Crippen molar-refractivity contribution >= 4 is 41.0 Å². The van der Waals surface area contributed by atoms with E-state index in [0.717, 1.165) is 41.5 Å². The Morgan fingerprint density at radius 1 is 0.912 bits per heavy atom. The quantitative estimate of drug-likeness (QED) is 0.143. The number of aliphatic imine (C=N–C) groups is 1. The third-order valence-electron chi connectivity index (χ3n) is 10.9. The van der Waals surface area contributed by atoms with Crippen LogP contribution in [0.1, 0.15) is 99.4 Å². The van der Waals surface area contributed by atoms with E-state index in [1.165, 1.54) is 0 Å². The Hall–Kier alpha value is -5.59. The van der Waals surface area contributed by atoms with E-state index >= 15 is 0 Å². The number of carbonyl (C=O) groups excluding carboxylic acids is 5. The fourth-order valence-electron chi connectivity index (χ4n) is 7.71. The largest absolute Gasteiger partial charge is 0.444 e. The van der Waals surface area contributed by atoms with Crippen molar-refractivity contribution in [2.45, 2.75) is 91.1 Å². The lowest BCUT2D eigenvalue weighted by atomic mass is 9.77. The summed E-state index contributed by atoms with van der Waals surface area (Å²) in [5, 5.41) is 16.7. The van der Waals surface area contributed by atoms with Crippen LogP contribution in [0.25, 0.3) is 11.1 Å². The first-order chi connectivity index (χ1) is 27.3. The van der Waals surface area contributed by atoms with Gasteiger partial charge in [0.25, 0.3) is 0 Å². The molecule has 0 radical (unpaired) electrons. The van der Waals surface area contributed by atoms with Gasteiger partial charge < -0.3 is 20.7 Å². The minimum atomic E-state index is -0.609. The van der Waals surface area contributed by atoms with Crippen LogP contribution in [0, 0.1) is 30.6 Å². The van der Waals surface area contributed by atoms with Gasteiger partial charge in [-0.3, -0.25) is 19.2 Å². The number of carbonyl (C=O) groups is 5. The number of nitrogens with zero attached hydrogens (tertiary/aromatic N) is 4. The summed E-state index contributed by atoms with van der Waals surface area (Å²) in [4.78, 5) is 73.9. The first kappa shape index (κ1) is 41.1. The molecule has 6 rings (SSSR count). The smallest absolute Gasteiger partial charge is 0.407 e. The van der Waals surface area contributed by atoms with Gasteiger partial charge in [0.2, 0.25) is 11.8 Å². The lowest BCUT2D eigenvalue weighted by Crippen LogP contribution is -2.37. The number of azo groups is 1. The number of ether oxygens (including phenoxy) is 1. The van der Waals surface area contributed by atoms with E-state index in [9.17, 15) is 24.0 Å². The number of hydrogen-bond acceptors (Lipinski definition) is 10. The summed E-state index contributed by atoms with van der Waals surface area (Å²) in [5.74, 6) is -0.635. The van der Waals surface area contributed by atoms with E-state index in [2.05, 4.69) is 36.2 Å². The van der Waals surface area contributed by atoms with E-state index in [-0.39, 0.29) is 54.0 Å². The number of amidine groups is 1. The van der Waals surface area contributed by atoms with Gasteiger partial charge in [-0.1, -0.05) is 30.3 Å². The zero-order valence-electron chi connectivity index (χ0n) is 33.3. The van der Waals surface area contributed by atoms with Crippen molar-refractivity contribution in [1.82, 2.24) is 15.6 Å². The SMILES string of the molecule is Cc1nc(C(=O)C[C@H]2CCCNC2=O)ccc1-c1ccc(C[C@H](CC(=O)C2CCC(CNC(=O)OC(C)(C)C)CC2)C(=O)Nc2ccc(C3=NCN=N3)cc2)cc1. The van der Waals surface area contributed by atoms with Gasteiger partial charge in [-0.2, -0.15) is 5.11 Å². The predicted molar refractivity (Wildman–Crippen MR) is 217 cm³/mol. The first-order valence-corrected chi connectivity index (χ1v) is 20.0. The molecular formula is C44H53N7O6. The molecule has 1 aromatic heterocycles. The normalized spacial score (nSPS) is 19.9. The molecule has 3 amide bonds. The van der Waals surface area contributed by atoms with Gasteiger partial charge in [-0.25, -0.2) is 14.8 Å². The van der Waals surface area contributed by atoms with Crippen LogP contribution >= 0.6 is 0 Å². The highest BCUT2D eigenvalue weighted by Crippen LogP contribution is 2.32. The Morgan fingerprint density at radius 2 is 1.63 bits per heavy atom. The third kappa shape index (κ3) is 11.5. The van der Waals surface area contributed by atoms with E-state index in [0.29, 0.717) is 68.4 Å². The Morgan fingerprint density at radius 3 is 2.28 bits per heavy atom. The van der Waals surface area contributed by atoms with Gasteiger partial charge in [0.15, 0.2) is 18.3 Å². The molecule has 0 unspecified atom stereocenters. The van der Waals surface area contributed by atoms with Crippen molar-refractivity contribution < 1.29 is 28.7 Å². The van der Waals surface area contributed by atoms with Gasteiger partial charge in [-0.05, 0) is 120 Å². The predicted octanol–water partition coefficient (Wildman–Crippen LogP) is 7.41. The second-order valence-electron chi connectivity index (χ2n) is 16.4. The van der Waals surface area contributed by atoms with Crippen LogP contribution in [0.5, 0.6) is 0 Å². The lowest BCUT2D eigenvalue weighted by Gasteiger charge is -2.29. The van der Waals surface area contributed by atoms with Crippen LogP contribution < -0.4 is 16.0 Å². The molecule has 2 fully saturated rings. The van der Waals surface area contributed by atoms with Gasteiger partial charge in [0, 0.05) is 66.2 Å². The van der Waals surface area contributed by atoms with Crippen LogP contribution in [-0.2, 0) is 25.5 Å². The highest BCUT2D eigenvalue weighted by atomic mass is 16.6. The Labute approximate surface area is 334 Å². The van der Waals surface area contributed by atoms with Crippen LogP contribution in [-0.4, -0.2) is 65.7 Å². The Bertz CT molecular complexity index is 2010. The minimum absolute atomic E-state index is 0.0709. The number of aryl methyl sites for hydroxylation is 1. The number of aromatic nitrogens is 1. The fourth-order valence-corrected chi connectivity index (χ4v) is 7.71. The Balaban J connectivity index is 1.10. The van der Waals surface area contributed by atoms with E-state index < -0.39 is 17.6 Å². The number of nitrogens with one attached hydrogen (secondary N) is 3. The second kappa shape index (κ2) is 18.6. The molecule has 3 N–H and O–H groups in total. The number of piperidine rings is 1. The molecule has 13 nitrogen and oxygen atoms in total. The van der Waals surface area contributed by atoms with Gasteiger partial charge in [0.05, 0.1) is 0 Å². The van der Waals surface area contributed by atoms with Crippen molar-refractivity contribution in [1.29, 1.82) is 0 Å². The number of anilines is 1. The number of benzene rings is 2. The molecule has 0 bridgehead atoms. The molecule has 13 heteroatoms. The van der Waals surface area contributed by atoms with Crippen molar-refractivity contribution in [3.63, 3.8) is 0 Å². The van der Waals surface area contributed by atoms with Crippen LogP contribution in [0.3, 0.4) is 0 Å². The second-order valence-corrected chi connectivity index (χ2v) is 16.4. The molecule has 1 saturated heterocycles. The lowest BCUT2D eigenvalue weighted by molar-refractivity contribution is -0.129. The summed E-state index contributed by atoms with van der Waals surface area (Å²) in [6.45, 7) is 8.81. The summed E-state index contributed by atoms with van der Waals surface area (Å²) >= 11 is 0. The molecule has 300 valence electrons. The maximum Gasteiger partial charge on any atom is 0.407 e. The number of pyridine rings is 1. The zero-order valence-corrected chi connectivity index (χ0v) is 33.3. The summed E-state index contributed by atoms with van der Waals surface area (Å²) < 4.78 is 5.37. The maximum atomic E-state index is 13.9. The van der Waals surface area contributed by atoms with Crippen molar-refractivity contribution in [3.05, 3.63) is 83.2 Å². The van der Waals surface area contributed by atoms with Crippen molar-refractivity contribution in [2.24, 2.45) is 38.9 Å². The molecule has 3 aliphatic rings. The van der Waals surface area contributed by atoms with Crippen LogP contribution in [0.15, 0.2) is 75.9 Å². The molecule has 1 saturated carbocycles. The average Bonchev–Trinajstić information content (AvgIpc) is 3.73.